The fraction of sp³-hybridized carbons (Fsp3) is 0.167. The average Bonchev–Trinajstić information content (AvgIpc) is 2.76. The van der Waals surface area contributed by atoms with Crippen LogP contribution in [0.4, 0.5) is 10.6 Å². The van der Waals surface area contributed by atoms with Gasteiger partial charge >= 0.3 is 6.09 Å². The summed E-state index contributed by atoms with van der Waals surface area (Å²) in [5.74, 6) is 0.311. The summed E-state index contributed by atoms with van der Waals surface area (Å²) in [6, 6.07) is 10.7. The molecule has 0 N–H and O–H groups in total. The molecule has 3 rings (SSSR count). The first kappa shape index (κ1) is 9.89. The standard InChI is InChI=1S/C12H10N2O3/c15-12-13(7-8-17-12)11-6-5-9-3-1-2-4-10(9)14(11)16/h1-6H,7-8H2. The third kappa shape index (κ3) is 1.47. The van der Waals surface area contributed by atoms with Gasteiger partial charge in [-0.1, -0.05) is 18.2 Å². The highest BCUT2D eigenvalue weighted by atomic mass is 16.6. The maximum Gasteiger partial charge on any atom is 0.507 e. The molecule has 0 aliphatic carbocycles. The van der Waals surface area contributed by atoms with Gasteiger partial charge in [-0.15, -0.1) is 0 Å². The molecule has 0 unspecified atom stereocenters. The van der Waals surface area contributed by atoms with Gasteiger partial charge in [0.05, 0.1) is 0 Å². The molecule has 0 saturated carbocycles. The van der Waals surface area contributed by atoms with Gasteiger partial charge in [0.15, 0.2) is 0 Å². The molecule has 5 heteroatoms. The number of ether oxygens (including phenoxy) is 1. The van der Waals surface area contributed by atoms with Crippen LogP contribution in [-0.2, 0) is 4.74 Å². The topological polar surface area (TPSA) is 56.5 Å². The van der Waals surface area contributed by atoms with Gasteiger partial charge in [-0.05, 0) is 12.1 Å². The molecule has 0 atom stereocenters. The normalized spacial score (nSPS) is 15.3. The maximum atomic E-state index is 12.1. The number of benzene rings is 1. The second kappa shape index (κ2) is 3.62. The predicted molar refractivity (Wildman–Crippen MR) is 61.6 cm³/mol. The van der Waals surface area contributed by atoms with Gasteiger partial charge in [-0.3, -0.25) is 0 Å². The van der Waals surface area contributed by atoms with Gasteiger partial charge < -0.3 is 9.94 Å². The van der Waals surface area contributed by atoms with E-state index in [0.717, 1.165) is 10.1 Å². The summed E-state index contributed by atoms with van der Waals surface area (Å²) in [5.41, 5.74) is 0.546. The minimum absolute atomic E-state index is 0.311. The Kier molecular flexibility index (Phi) is 2.11. The molecule has 1 aromatic carbocycles. The van der Waals surface area contributed by atoms with Crippen LogP contribution < -0.4 is 9.63 Å². The van der Waals surface area contributed by atoms with Crippen molar-refractivity contribution in [2.45, 2.75) is 0 Å². The molecular weight excluding hydrogens is 220 g/mol. The first-order valence-corrected chi connectivity index (χ1v) is 5.33. The lowest BCUT2D eigenvalue weighted by Gasteiger charge is -2.14. The lowest BCUT2D eigenvalue weighted by molar-refractivity contribution is -0.563. The van der Waals surface area contributed by atoms with E-state index in [-0.39, 0.29) is 0 Å². The van der Waals surface area contributed by atoms with Crippen molar-refractivity contribution in [3.05, 3.63) is 41.6 Å². The summed E-state index contributed by atoms with van der Waals surface area (Å²) < 4.78 is 5.59. The van der Waals surface area contributed by atoms with Gasteiger partial charge in [-0.2, -0.15) is 9.69 Å². The van der Waals surface area contributed by atoms with Crippen molar-refractivity contribution >= 4 is 22.8 Å². The Bertz CT molecular complexity index is 597. The van der Waals surface area contributed by atoms with Crippen LogP contribution in [0.1, 0.15) is 0 Å². The fourth-order valence-electron chi connectivity index (χ4n) is 1.97. The Morgan fingerprint density at radius 1 is 1.24 bits per heavy atom. The first-order chi connectivity index (χ1) is 8.27. The number of amides is 1. The zero-order valence-electron chi connectivity index (χ0n) is 9.00. The van der Waals surface area contributed by atoms with Crippen molar-refractivity contribution in [2.75, 3.05) is 18.1 Å². The largest absolute Gasteiger partial charge is 0.710 e. The van der Waals surface area contributed by atoms with Crippen LogP contribution in [-0.4, -0.2) is 19.2 Å². The highest BCUT2D eigenvalue weighted by Gasteiger charge is 2.33. The second-order valence-corrected chi connectivity index (χ2v) is 3.81. The summed E-state index contributed by atoms with van der Waals surface area (Å²) in [4.78, 5) is 12.8. The minimum atomic E-state index is -0.468. The van der Waals surface area contributed by atoms with Gasteiger partial charge in [0.25, 0.3) is 5.82 Å². The number of anilines is 1. The highest BCUT2D eigenvalue weighted by Crippen LogP contribution is 2.18. The molecule has 1 amide bonds. The fourth-order valence-corrected chi connectivity index (χ4v) is 1.97. The number of nitrogens with zero attached hydrogens (tertiary/aromatic N) is 2. The van der Waals surface area contributed by atoms with Crippen LogP contribution in [0.25, 0.3) is 10.9 Å². The van der Waals surface area contributed by atoms with E-state index in [1.54, 1.807) is 18.2 Å². The van der Waals surface area contributed by atoms with Crippen molar-refractivity contribution in [3.8, 4) is 0 Å². The third-order valence-corrected chi connectivity index (χ3v) is 2.81. The SMILES string of the molecule is O=C1OCCN1c1ccc2ccccc2[n+]1[O-]. The minimum Gasteiger partial charge on any atom is -0.710 e. The average molecular weight is 230 g/mol. The molecule has 1 aliphatic heterocycles. The van der Waals surface area contributed by atoms with Gasteiger partial charge in [0, 0.05) is 11.5 Å². The van der Waals surface area contributed by atoms with Gasteiger partial charge in [0.2, 0.25) is 0 Å². The molecule has 1 saturated heterocycles. The highest BCUT2D eigenvalue weighted by molar-refractivity contribution is 5.88. The number of hydrogen-bond donors (Lipinski definition) is 0. The van der Waals surface area contributed by atoms with Crippen LogP contribution >= 0.6 is 0 Å². The Labute approximate surface area is 97.4 Å². The monoisotopic (exact) mass is 230 g/mol. The smallest absolute Gasteiger partial charge is 0.507 e. The first-order valence-electron chi connectivity index (χ1n) is 5.33. The lowest BCUT2D eigenvalue weighted by Crippen LogP contribution is -2.39. The molecule has 0 spiro atoms. The number of carbonyl (C=O) groups is 1. The Morgan fingerprint density at radius 2 is 2.06 bits per heavy atom. The molecule has 17 heavy (non-hydrogen) atoms. The van der Waals surface area contributed by atoms with Crippen molar-refractivity contribution in [2.24, 2.45) is 0 Å². The molecule has 1 fully saturated rings. The zero-order valence-corrected chi connectivity index (χ0v) is 9.00. The summed E-state index contributed by atoms with van der Waals surface area (Å²) in [5, 5.41) is 13.0. The summed E-state index contributed by atoms with van der Waals surface area (Å²) >= 11 is 0. The molecule has 2 heterocycles. The van der Waals surface area contributed by atoms with E-state index in [1.165, 1.54) is 4.90 Å². The predicted octanol–water partition coefficient (Wildman–Crippen LogP) is 1.43. The van der Waals surface area contributed by atoms with E-state index in [9.17, 15) is 10.0 Å². The van der Waals surface area contributed by atoms with Crippen LogP contribution in [0.5, 0.6) is 0 Å². The lowest BCUT2D eigenvalue weighted by atomic mass is 10.2. The molecule has 0 bridgehead atoms. The molecule has 5 nitrogen and oxygen atoms in total. The summed E-state index contributed by atoms with van der Waals surface area (Å²) in [6.07, 6.45) is -0.468. The molecular formula is C12H10N2O3. The van der Waals surface area contributed by atoms with Gasteiger partial charge in [-0.25, -0.2) is 4.73 Å². The van der Waals surface area contributed by atoms with E-state index >= 15 is 0 Å². The number of hydrogen-bond acceptors (Lipinski definition) is 3. The molecule has 1 aromatic heterocycles. The molecule has 1 aliphatic rings. The molecule has 86 valence electrons. The number of pyridine rings is 1. The number of cyclic esters (lactones) is 1. The number of para-hydroxylation sites is 1. The number of rotatable bonds is 1. The van der Waals surface area contributed by atoms with Gasteiger partial charge in [0.1, 0.15) is 18.7 Å². The third-order valence-electron chi connectivity index (χ3n) is 2.81. The van der Waals surface area contributed by atoms with Crippen molar-refractivity contribution < 1.29 is 14.3 Å². The van der Waals surface area contributed by atoms with E-state index in [4.69, 9.17) is 4.74 Å². The summed E-state index contributed by atoms with van der Waals surface area (Å²) in [6.45, 7) is 0.741. The Balaban J connectivity index is 2.17. The molecule has 0 radical (unpaired) electrons. The zero-order chi connectivity index (χ0) is 11.8. The van der Waals surface area contributed by atoms with E-state index in [1.807, 2.05) is 18.2 Å². The Morgan fingerprint density at radius 3 is 2.82 bits per heavy atom. The van der Waals surface area contributed by atoms with Crippen LogP contribution in [0.15, 0.2) is 36.4 Å². The van der Waals surface area contributed by atoms with Crippen LogP contribution in [0.3, 0.4) is 0 Å². The number of carbonyl (C=O) groups excluding carboxylic acids is 1. The Hall–Kier alpha value is -2.30. The van der Waals surface area contributed by atoms with Crippen LogP contribution in [0.2, 0.25) is 0 Å². The maximum absolute atomic E-state index is 12.1. The van der Waals surface area contributed by atoms with Crippen molar-refractivity contribution in [1.29, 1.82) is 0 Å². The molecule has 2 aromatic rings. The van der Waals surface area contributed by atoms with Crippen LogP contribution in [0, 0.1) is 5.21 Å². The van der Waals surface area contributed by atoms with Crippen molar-refractivity contribution in [1.82, 2.24) is 0 Å². The number of fused-ring (bicyclic) bond motifs is 1. The number of aromatic nitrogens is 1. The van der Waals surface area contributed by atoms with E-state index < -0.39 is 6.09 Å². The van der Waals surface area contributed by atoms with E-state index in [0.29, 0.717) is 24.5 Å². The second-order valence-electron chi connectivity index (χ2n) is 3.81. The van der Waals surface area contributed by atoms with Crippen molar-refractivity contribution in [3.63, 3.8) is 0 Å². The van der Waals surface area contributed by atoms with E-state index in [2.05, 4.69) is 0 Å². The quantitative estimate of drug-likeness (QED) is 0.550. The summed E-state index contributed by atoms with van der Waals surface area (Å²) in [7, 11) is 0.